The topological polar surface area (TPSA) is 12.0 Å². The van der Waals surface area contributed by atoms with Gasteiger partial charge in [0.05, 0.1) is 0 Å². The predicted octanol–water partition coefficient (Wildman–Crippen LogP) is 1.27. The maximum absolute atomic E-state index is 3.20. The molecule has 0 aromatic rings. The minimum absolute atomic E-state index is 0.699. The molecule has 1 nitrogen and oxygen atoms in total. The second kappa shape index (κ2) is 2.01. The molecular formula is C6H11N. The van der Waals surface area contributed by atoms with E-state index in [1.165, 1.54) is 12.8 Å². The van der Waals surface area contributed by atoms with Crippen molar-refractivity contribution >= 4 is 0 Å². The molecule has 0 saturated heterocycles. The van der Waals surface area contributed by atoms with Crippen LogP contribution in [0.1, 0.15) is 19.8 Å². The van der Waals surface area contributed by atoms with Gasteiger partial charge in [-0.05, 0) is 26.0 Å². The minimum Gasteiger partial charge on any atom is -0.389 e. The van der Waals surface area contributed by atoms with Crippen LogP contribution in [-0.2, 0) is 0 Å². The van der Waals surface area contributed by atoms with E-state index in [1.54, 1.807) is 0 Å². The van der Waals surface area contributed by atoms with Crippen LogP contribution in [-0.4, -0.2) is 6.04 Å². The Morgan fingerprint density at radius 1 is 1.71 bits per heavy atom. The molecule has 1 heteroatoms. The Morgan fingerprint density at radius 3 is 2.86 bits per heavy atom. The summed E-state index contributed by atoms with van der Waals surface area (Å²) in [4.78, 5) is 0. The van der Waals surface area contributed by atoms with Crippen molar-refractivity contribution in [1.82, 2.24) is 5.32 Å². The zero-order valence-electron chi connectivity index (χ0n) is 4.65. The fourth-order valence-corrected chi connectivity index (χ4v) is 0.745. The Labute approximate surface area is 44.4 Å². The van der Waals surface area contributed by atoms with Gasteiger partial charge in [-0.2, -0.15) is 0 Å². The van der Waals surface area contributed by atoms with Gasteiger partial charge in [0.25, 0.3) is 0 Å². The molecule has 1 heterocycles. The SMILES string of the molecule is C[C@@H]1CCC=CN1. The van der Waals surface area contributed by atoms with Crippen molar-refractivity contribution in [3.8, 4) is 0 Å². The van der Waals surface area contributed by atoms with E-state index in [0.717, 1.165) is 0 Å². The van der Waals surface area contributed by atoms with Gasteiger partial charge in [-0.1, -0.05) is 6.08 Å². The molecule has 0 amide bonds. The summed E-state index contributed by atoms with van der Waals surface area (Å²) in [5, 5.41) is 3.20. The molecule has 0 spiro atoms. The van der Waals surface area contributed by atoms with Crippen molar-refractivity contribution in [3.05, 3.63) is 12.3 Å². The van der Waals surface area contributed by atoms with Gasteiger partial charge >= 0.3 is 0 Å². The van der Waals surface area contributed by atoms with Gasteiger partial charge in [0.2, 0.25) is 0 Å². The monoisotopic (exact) mass is 97.1 g/mol. The molecule has 0 aromatic heterocycles. The molecule has 1 N–H and O–H groups in total. The van der Waals surface area contributed by atoms with Gasteiger partial charge < -0.3 is 5.32 Å². The molecule has 7 heavy (non-hydrogen) atoms. The summed E-state index contributed by atoms with van der Waals surface area (Å²) >= 11 is 0. The summed E-state index contributed by atoms with van der Waals surface area (Å²) in [6, 6.07) is 0.699. The fourth-order valence-electron chi connectivity index (χ4n) is 0.745. The maximum atomic E-state index is 3.20. The van der Waals surface area contributed by atoms with Crippen LogP contribution in [0.4, 0.5) is 0 Å². The zero-order chi connectivity index (χ0) is 5.11. The highest BCUT2D eigenvalue weighted by atomic mass is 14.9. The first-order valence-electron chi connectivity index (χ1n) is 2.80. The Balaban J connectivity index is 2.32. The van der Waals surface area contributed by atoms with Crippen molar-refractivity contribution in [2.75, 3.05) is 0 Å². The van der Waals surface area contributed by atoms with Crippen molar-refractivity contribution in [2.45, 2.75) is 25.8 Å². The third-order valence-corrected chi connectivity index (χ3v) is 1.26. The van der Waals surface area contributed by atoms with Crippen LogP contribution in [0.15, 0.2) is 12.3 Å². The van der Waals surface area contributed by atoms with E-state index < -0.39 is 0 Å². The molecule has 40 valence electrons. The van der Waals surface area contributed by atoms with Gasteiger partial charge in [-0.25, -0.2) is 0 Å². The van der Waals surface area contributed by atoms with E-state index in [-0.39, 0.29) is 0 Å². The first-order valence-corrected chi connectivity index (χ1v) is 2.80. The van der Waals surface area contributed by atoms with Gasteiger partial charge in [-0.3, -0.25) is 0 Å². The van der Waals surface area contributed by atoms with Crippen LogP contribution >= 0.6 is 0 Å². The lowest BCUT2D eigenvalue weighted by atomic mass is 10.1. The average Bonchev–Trinajstić information content (AvgIpc) is 1.69. The number of allylic oxidation sites excluding steroid dienone is 1. The highest BCUT2D eigenvalue weighted by Crippen LogP contribution is 2.01. The fraction of sp³-hybridized carbons (Fsp3) is 0.667. The van der Waals surface area contributed by atoms with E-state index in [2.05, 4.69) is 18.3 Å². The number of hydrogen-bond acceptors (Lipinski definition) is 1. The molecule has 1 aliphatic heterocycles. The summed E-state index contributed by atoms with van der Waals surface area (Å²) in [6.45, 7) is 2.20. The molecule has 0 aromatic carbocycles. The molecule has 1 atom stereocenters. The van der Waals surface area contributed by atoms with E-state index in [4.69, 9.17) is 0 Å². The number of hydrogen-bond donors (Lipinski definition) is 1. The van der Waals surface area contributed by atoms with E-state index in [0.29, 0.717) is 6.04 Å². The van der Waals surface area contributed by atoms with Crippen LogP contribution < -0.4 is 5.32 Å². The highest BCUT2D eigenvalue weighted by Gasteiger charge is 1.98. The lowest BCUT2D eigenvalue weighted by Gasteiger charge is -2.13. The first kappa shape index (κ1) is 4.69. The van der Waals surface area contributed by atoms with Crippen molar-refractivity contribution in [2.24, 2.45) is 0 Å². The summed E-state index contributed by atoms with van der Waals surface area (Å²) in [6.07, 6.45) is 6.73. The molecule has 0 unspecified atom stereocenters. The van der Waals surface area contributed by atoms with Gasteiger partial charge in [0.1, 0.15) is 0 Å². The average molecular weight is 97.2 g/mol. The third-order valence-electron chi connectivity index (χ3n) is 1.26. The van der Waals surface area contributed by atoms with Crippen LogP contribution in [0.2, 0.25) is 0 Å². The van der Waals surface area contributed by atoms with Gasteiger partial charge in [0, 0.05) is 6.04 Å². The molecule has 0 bridgehead atoms. The first-order chi connectivity index (χ1) is 3.39. The van der Waals surface area contributed by atoms with Crippen molar-refractivity contribution in [3.63, 3.8) is 0 Å². The van der Waals surface area contributed by atoms with Gasteiger partial charge in [0.15, 0.2) is 0 Å². The summed E-state index contributed by atoms with van der Waals surface area (Å²) in [5.74, 6) is 0. The highest BCUT2D eigenvalue weighted by molar-refractivity contribution is 4.87. The Morgan fingerprint density at radius 2 is 2.57 bits per heavy atom. The van der Waals surface area contributed by atoms with Crippen molar-refractivity contribution in [1.29, 1.82) is 0 Å². The van der Waals surface area contributed by atoms with Crippen LogP contribution in [0.25, 0.3) is 0 Å². The summed E-state index contributed by atoms with van der Waals surface area (Å²) < 4.78 is 0. The molecule has 0 aliphatic carbocycles. The molecule has 0 saturated carbocycles. The van der Waals surface area contributed by atoms with Crippen molar-refractivity contribution < 1.29 is 0 Å². The predicted molar refractivity (Wildman–Crippen MR) is 31.0 cm³/mol. The largest absolute Gasteiger partial charge is 0.389 e. The summed E-state index contributed by atoms with van der Waals surface area (Å²) in [7, 11) is 0. The smallest absolute Gasteiger partial charge is 0.0230 e. The molecule has 1 aliphatic rings. The maximum Gasteiger partial charge on any atom is 0.0230 e. The van der Waals surface area contributed by atoms with E-state index in [1.807, 2.05) is 6.20 Å². The standard InChI is InChI=1S/C6H11N/c1-6-4-2-3-5-7-6/h3,5-7H,2,4H2,1H3/t6-/m1/s1. The lowest BCUT2D eigenvalue weighted by molar-refractivity contribution is 0.569. The second-order valence-corrected chi connectivity index (χ2v) is 2.05. The minimum atomic E-state index is 0.699. The van der Waals surface area contributed by atoms with Gasteiger partial charge in [-0.15, -0.1) is 0 Å². The molecule has 0 fully saturated rings. The number of rotatable bonds is 0. The third kappa shape index (κ3) is 1.22. The second-order valence-electron chi connectivity index (χ2n) is 2.05. The van der Waals surface area contributed by atoms with E-state index in [9.17, 15) is 0 Å². The Bertz CT molecular complexity index is 76.2. The molecular weight excluding hydrogens is 86.1 g/mol. The quantitative estimate of drug-likeness (QED) is 0.480. The van der Waals surface area contributed by atoms with Crippen LogP contribution in [0, 0.1) is 0 Å². The number of nitrogens with one attached hydrogen (secondary N) is 1. The lowest BCUT2D eigenvalue weighted by Crippen LogP contribution is -2.22. The van der Waals surface area contributed by atoms with Crippen LogP contribution in [0.5, 0.6) is 0 Å². The normalized spacial score (nSPS) is 29.6. The Hall–Kier alpha value is -0.460. The summed E-state index contributed by atoms with van der Waals surface area (Å²) in [5.41, 5.74) is 0. The zero-order valence-corrected chi connectivity index (χ0v) is 4.65. The van der Waals surface area contributed by atoms with E-state index >= 15 is 0 Å². The van der Waals surface area contributed by atoms with Crippen LogP contribution in [0.3, 0.4) is 0 Å². The Kier molecular flexibility index (Phi) is 1.35. The molecule has 0 radical (unpaired) electrons. The molecule has 1 rings (SSSR count).